The summed E-state index contributed by atoms with van der Waals surface area (Å²) in [6.07, 6.45) is -0.655. The van der Waals surface area contributed by atoms with Crippen molar-refractivity contribution in [3.8, 4) is 28.6 Å². The van der Waals surface area contributed by atoms with Gasteiger partial charge in [-0.25, -0.2) is 0 Å². The minimum Gasteiger partial charge on any atom is -0.493 e. The van der Waals surface area contributed by atoms with E-state index in [0.29, 0.717) is 29.0 Å². The molecule has 1 aromatic heterocycles. The number of carbonyl (C=O) groups excluding carboxylic acids is 1. The van der Waals surface area contributed by atoms with Gasteiger partial charge in [-0.3, -0.25) is 4.79 Å². The van der Waals surface area contributed by atoms with E-state index in [0.717, 1.165) is 5.56 Å². The van der Waals surface area contributed by atoms with Gasteiger partial charge in [0.15, 0.2) is 17.6 Å². The molecule has 2 aromatic carbocycles. The van der Waals surface area contributed by atoms with Gasteiger partial charge in [0.25, 0.3) is 5.91 Å². The van der Waals surface area contributed by atoms with Crippen LogP contribution in [0.4, 0.5) is 0 Å². The molecule has 1 unspecified atom stereocenters. The summed E-state index contributed by atoms with van der Waals surface area (Å²) >= 11 is 0. The van der Waals surface area contributed by atoms with Crippen molar-refractivity contribution in [2.24, 2.45) is 0 Å². The highest BCUT2D eigenvalue weighted by Gasteiger charge is 2.26. The number of para-hydroxylation sites is 1. The molecule has 8 heteroatoms. The molecule has 0 spiro atoms. The van der Waals surface area contributed by atoms with Crippen molar-refractivity contribution in [1.82, 2.24) is 15.0 Å². The molecule has 0 saturated carbocycles. The van der Waals surface area contributed by atoms with Crippen LogP contribution in [0.1, 0.15) is 26.7 Å². The Morgan fingerprint density at radius 2 is 1.74 bits per heavy atom. The number of aromatic nitrogens is 2. The lowest BCUT2D eigenvalue weighted by Gasteiger charge is -2.28. The Morgan fingerprint density at radius 3 is 2.39 bits per heavy atom. The maximum Gasteiger partial charge on any atom is 0.264 e. The summed E-state index contributed by atoms with van der Waals surface area (Å²) in [4.78, 5) is 19.1. The molecule has 0 N–H and O–H groups in total. The van der Waals surface area contributed by atoms with Gasteiger partial charge in [-0.2, -0.15) is 4.98 Å². The number of rotatable bonds is 9. The predicted molar refractivity (Wildman–Crippen MR) is 115 cm³/mol. The Hall–Kier alpha value is -3.55. The van der Waals surface area contributed by atoms with Gasteiger partial charge in [0.1, 0.15) is 12.3 Å². The van der Waals surface area contributed by atoms with Gasteiger partial charge in [0, 0.05) is 11.6 Å². The highest BCUT2D eigenvalue weighted by atomic mass is 16.5. The molecule has 3 aromatic rings. The van der Waals surface area contributed by atoms with E-state index < -0.39 is 6.10 Å². The lowest BCUT2D eigenvalue weighted by molar-refractivity contribution is -0.140. The fraction of sp³-hybridized carbons (Fsp3) is 0.348. The number of carbonyl (C=O) groups is 1. The van der Waals surface area contributed by atoms with Crippen LogP contribution in [0, 0.1) is 0 Å². The second-order valence-electron chi connectivity index (χ2n) is 7.21. The van der Waals surface area contributed by atoms with Crippen LogP contribution in [0.15, 0.2) is 53.1 Å². The van der Waals surface area contributed by atoms with Gasteiger partial charge in [0.2, 0.25) is 11.7 Å². The maximum atomic E-state index is 13.0. The summed E-state index contributed by atoms with van der Waals surface area (Å²) < 4.78 is 21.8. The second-order valence-corrected chi connectivity index (χ2v) is 7.21. The molecule has 0 fully saturated rings. The van der Waals surface area contributed by atoms with Gasteiger partial charge >= 0.3 is 0 Å². The number of hydrogen-bond donors (Lipinski definition) is 0. The zero-order chi connectivity index (χ0) is 22.4. The second kappa shape index (κ2) is 9.97. The number of benzene rings is 2. The van der Waals surface area contributed by atoms with Crippen molar-refractivity contribution >= 4 is 5.91 Å². The van der Waals surface area contributed by atoms with Crippen molar-refractivity contribution in [3.63, 3.8) is 0 Å². The molecule has 164 valence electrons. The number of ether oxygens (including phenoxy) is 3. The van der Waals surface area contributed by atoms with Crippen molar-refractivity contribution in [3.05, 3.63) is 54.4 Å². The summed E-state index contributed by atoms with van der Waals surface area (Å²) in [6.45, 7) is 5.77. The topological polar surface area (TPSA) is 86.9 Å². The monoisotopic (exact) mass is 425 g/mol. The number of hydrogen-bond acceptors (Lipinski definition) is 7. The van der Waals surface area contributed by atoms with Crippen molar-refractivity contribution in [2.75, 3.05) is 14.2 Å². The van der Waals surface area contributed by atoms with Crippen LogP contribution in [0.2, 0.25) is 0 Å². The number of amides is 1. The molecule has 1 heterocycles. The third-order valence-corrected chi connectivity index (χ3v) is 4.73. The lowest BCUT2D eigenvalue weighted by atomic mass is 10.2. The zero-order valence-electron chi connectivity index (χ0n) is 18.4. The molecule has 8 nitrogen and oxygen atoms in total. The van der Waals surface area contributed by atoms with E-state index in [2.05, 4.69) is 10.1 Å². The van der Waals surface area contributed by atoms with Gasteiger partial charge in [-0.15, -0.1) is 0 Å². The molecule has 3 rings (SSSR count). The van der Waals surface area contributed by atoms with Crippen LogP contribution in [0.5, 0.6) is 17.2 Å². The summed E-state index contributed by atoms with van der Waals surface area (Å²) in [5, 5.41) is 4.05. The molecule has 1 atom stereocenters. The molecule has 0 saturated heterocycles. The third kappa shape index (κ3) is 5.33. The van der Waals surface area contributed by atoms with Crippen LogP contribution >= 0.6 is 0 Å². The lowest BCUT2D eigenvalue weighted by Crippen LogP contribution is -2.43. The van der Waals surface area contributed by atoms with Gasteiger partial charge in [-0.05, 0) is 51.1 Å². The number of nitrogens with zero attached hydrogens (tertiary/aromatic N) is 3. The Bertz CT molecular complexity index is 1000. The first kappa shape index (κ1) is 22.1. The summed E-state index contributed by atoms with van der Waals surface area (Å²) in [6, 6.07) is 14.5. The van der Waals surface area contributed by atoms with Gasteiger partial charge in [0.05, 0.1) is 14.2 Å². The molecular weight excluding hydrogens is 398 g/mol. The average molecular weight is 425 g/mol. The predicted octanol–water partition coefficient (Wildman–Crippen LogP) is 3.96. The molecule has 0 aliphatic rings. The van der Waals surface area contributed by atoms with E-state index in [4.69, 9.17) is 18.7 Å². The Kier molecular flexibility index (Phi) is 7.12. The molecule has 31 heavy (non-hydrogen) atoms. The van der Waals surface area contributed by atoms with Gasteiger partial charge < -0.3 is 23.6 Å². The molecule has 0 aliphatic carbocycles. The third-order valence-electron chi connectivity index (χ3n) is 4.73. The van der Waals surface area contributed by atoms with E-state index in [9.17, 15) is 4.79 Å². The summed E-state index contributed by atoms with van der Waals surface area (Å²) in [7, 11) is 3.14. The van der Waals surface area contributed by atoms with Crippen LogP contribution in [0.25, 0.3) is 11.4 Å². The van der Waals surface area contributed by atoms with Crippen LogP contribution in [-0.2, 0) is 11.3 Å². The fourth-order valence-electron chi connectivity index (χ4n) is 3.06. The maximum absolute atomic E-state index is 13.0. The smallest absolute Gasteiger partial charge is 0.264 e. The molecule has 1 amide bonds. The SMILES string of the molecule is COc1ccc(-c2noc(CN(C(=O)C(C)Oc3ccccc3)C(C)C)n2)cc1OC. The standard InChI is InChI=1S/C23H27N3O5/c1-15(2)26(23(27)16(3)30-18-9-7-6-8-10-18)14-21-24-22(25-31-21)17-11-12-19(28-4)20(13-17)29-5/h6-13,15-16H,14H2,1-5H3. The van der Waals surface area contributed by atoms with Crippen molar-refractivity contribution in [1.29, 1.82) is 0 Å². The van der Waals surface area contributed by atoms with E-state index in [1.54, 1.807) is 38.2 Å². The van der Waals surface area contributed by atoms with E-state index in [-0.39, 0.29) is 18.5 Å². The van der Waals surface area contributed by atoms with Crippen LogP contribution in [0.3, 0.4) is 0 Å². The van der Waals surface area contributed by atoms with Crippen LogP contribution < -0.4 is 14.2 Å². The van der Waals surface area contributed by atoms with Crippen LogP contribution in [-0.4, -0.2) is 47.3 Å². The molecule has 0 radical (unpaired) electrons. The quantitative estimate of drug-likeness (QED) is 0.513. The van der Waals surface area contributed by atoms with E-state index >= 15 is 0 Å². The molecular formula is C23H27N3O5. The minimum absolute atomic E-state index is 0.0780. The van der Waals surface area contributed by atoms with Crippen molar-refractivity contribution < 1.29 is 23.5 Å². The largest absolute Gasteiger partial charge is 0.493 e. The number of methoxy groups -OCH3 is 2. The Morgan fingerprint density at radius 1 is 1.03 bits per heavy atom. The molecule has 0 bridgehead atoms. The molecule has 0 aliphatic heterocycles. The zero-order valence-corrected chi connectivity index (χ0v) is 18.4. The van der Waals surface area contributed by atoms with E-state index in [1.807, 2.05) is 50.2 Å². The average Bonchev–Trinajstić information content (AvgIpc) is 3.25. The Labute approximate surface area is 181 Å². The highest BCUT2D eigenvalue weighted by molar-refractivity contribution is 5.81. The summed E-state index contributed by atoms with van der Waals surface area (Å²) in [5.74, 6) is 2.39. The first-order valence-electron chi connectivity index (χ1n) is 10.00. The Balaban J connectivity index is 1.74. The minimum atomic E-state index is -0.655. The summed E-state index contributed by atoms with van der Waals surface area (Å²) in [5.41, 5.74) is 0.718. The normalized spacial score (nSPS) is 11.8. The van der Waals surface area contributed by atoms with E-state index in [1.165, 1.54) is 0 Å². The highest BCUT2D eigenvalue weighted by Crippen LogP contribution is 2.31. The first-order valence-corrected chi connectivity index (χ1v) is 10.00. The first-order chi connectivity index (χ1) is 14.9. The fourth-order valence-corrected chi connectivity index (χ4v) is 3.06. The van der Waals surface area contributed by atoms with Crippen molar-refractivity contribution in [2.45, 2.75) is 39.5 Å². The van der Waals surface area contributed by atoms with Gasteiger partial charge in [-0.1, -0.05) is 23.4 Å².